The van der Waals surface area contributed by atoms with Crippen molar-refractivity contribution in [3.63, 3.8) is 0 Å². The maximum absolute atomic E-state index is 12.5. The van der Waals surface area contributed by atoms with Crippen LogP contribution in [0.25, 0.3) is 0 Å². The molecule has 0 bridgehead atoms. The van der Waals surface area contributed by atoms with Crippen LogP contribution in [0.3, 0.4) is 0 Å². The van der Waals surface area contributed by atoms with Gasteiger partial charge in [0, 0.05) is 25.2 Å². The Kier molecular flexibility index (Phi) is 4.65. The Labute approximate surface area is 146 Å². The van der Waals surface area contributed by atoms with Crippen LogP contribution in [-0.4, -0.2) is 35.7 Å². The van der Waals surface area contributed by atoms with Crippen LogP contribution in [0, 0.1) is 6.92 Å². The molecule has 0 N–H and O–H groups in total. The van der Waals surface area contributed by atoms with E-state index in [0.29, 0.717) is 17.7 Å². The molecular weight excluding hydrogens is 316 g/mol. The fourth-order valence-corrected chi connectivity index (χ4v) is 3.06. The van der Waals surface area contributed by atoms with E-state index in [1.54, 1.807) is 17.0 Å². The van der Waals surface area contributed by atoms with E-state index in [9.17, 15) is 14.4 Å². The molecule has 0 spiro atoms. The standard InChI is InChI=1S/C20H20N2O3/c1-3-21(15-7-5-4-6-8-15)18(23)11-12-22-19(24)16-10-9-14(2)13-17(16)20(22)25/h4-10,13H,3,11-12H2,1-2H3. The third-order valence-corrected chi connectivity index (χ3v) is 4.36. The van der Waals surface area contributed by atoms with Crippen molar-refractivity contribution in [2.75, 3.05) is 18.0 Å². The second-order valence-corrected chi connectivity index (χ2v) is 6.03. The molecule has 2 aromatic rings. The van der Waals surface area contributed by atoms with Crippen LogP contribution >= 0.6 is 0 Å². The van der Waals surface area contributed by atoms with E-state index in [0.717, 1.165) is 11.3 Å². The Morgan fingerprint density at radius 1 is 1.00 bits per heavy atom. The van der Waals surface area contributed by atoms with Crippen LogP contribution in [-0.2, 0) is 4.79 Å². The van der Waals surface area contributed by atoms with Crippen molar-refractivity contribution in [1.29, 1.82) is 0 Å². The van der Waals surface area contributed by atoms with E-state index >= 15 is 0 Å². The normalized spacial score (nSPS) is 13.1. The lowest BCUT2D eigenvalue weighted by molar-refractivity contribution is -0.118. The topological polar surface area (TPSA) is 57.7 Å². The molecule has 0 aromatic heterocycles. The maximum atomic E-state index is 12.5. The first-order chi connectivity index (χ1) is 12.0. The molecule has 3 rings (SSSR count). The number of carbonyl (C=O) groups is 3. The molecule has 0 radical (unpaired) electrons. The Bertz CT molecular complexity index is 830. The zero-order valence-electron chi connectivity index (χ0n) is 14.4. The molecule has 0 unspecified atom stereocenters. The molecule has 2 aromatic carbocycles. The van der Waals surface area contributed by atoms with Crippen molar-refractivity contribution in [2.24, 2.45) is 0 Å². The van der Waals surface area contributed by atoms with Gasteiger partial charge in [0.1, 0.15) is 0 Å². The highest BCUT2D eigenvalue weighted by Crippen LogP contribution is 2.24. The van der Waals surface area contributed by atoms with E-state index < -0.39 is 0 Å². The van der Waals surface area contributed by atoms with Crippen LogP contribution in [0.2, 0.25) is 0 Å². The van der Waals surface area contributed by atoms with Gasteiger partial charge in [0.15, 0.2) is 0 Å². The van der Waals surface area contributed by atoms with Crippen molar-refractivity contribution in [3.8, 4) is 0 Å². The largest absolute Gasteiger partial charge is 0.313 e. The number of rotatable bonds is 5. The zero-order valence-corrected chi connectivity index (χ0v) is 14.4. The van der Waals surface area contributed by atoms with Gasteiger partial charge in [0.25, 0.3) is 11.8 Å². The second-order valence-electron chi connectivity index (χ2n) is 6.03. The number of imide groups is 1. The molecule has 1 aliphatic heterocycles. The van der Waals surface area contributed by atoms with E-state index in [1.807, 2.05) is 50.2 Å². The van der Waals surface area contributed by atoms with E-state index in [2.05, 4.69) is 0 Å². The first-order valence-corrected chi connectivity index (χ1v) is 8.35. The molecule has 25 heavy (non-hydrogen) atoms. The molecule has 5 nitrogen and oxygen atoms in total. The Hall–Kier alpha value is -2.95. The summed E-state index contributed by atoms with van der Waals surface area (Å²) in [4.78, 5) is 40.3. The Morgan fingerprint density at radius 3 is 2.36 bits per heavy atom. The smallest absolute Gasteiger partial charge is 0.261 e. The Morgan fingerprint density at radius 2 is 1.68 bits per heavy atom. The monoisotopic (exact) mass is 336 g/mol. The van der Waals surface area contributed by atoms with Crippen molar-refractivity contribution in [1.82, 2.24) is 4.90 Å². The Balaban J connectivity index is 1.71. The molecule has 0 atom stereocenters. The summed E-state index contributed by atoms with van der Waals surface area (Å²) < 4.78 is 0. The molecule has 128 valence electrons. The number of hydrogen-bond donors (Lipinski definition) is 0. The first kappa shape index (κ1) is 16.9. The van der Waals surface area contributed by atoms with Gasteiger partial charge in [-0.05, 0) is 38.1 Å². The van der Waals surface area contributed by atoms with Crippen LogP contribution in [0.5, 0.6) is 0 Å². The van der Waals surface area contributed by atoms with E-state index in [4.69, 9.17) is 0 Å². The second kappa shape index (κ2) is 6.89. The molecular formula is C20H20N2O3. The van der Waals surface area contributed by atoms with Gasteiger partial charge in [-0.25, -0.2) is 0 Å². The minimum atomic E-state index is -0.324. The van der Waals surface area contributed by atoms with Crippen LogP contribution in [0.15, 0.2) is 48.5 Å². The average Bonchev–Trinajstić information content (AvgIpc) is 2.85. The number of benzene rings is 2. The maximum Gasteiger partial charge on any atom is 0.261 e. The third-order valence-electron chi connectivity index (χ3n) is 4.36. The first-order valence-electron chi connectivity index (χ1n) is 8.35. The van der Waals surface area contributed by atoms with Crippen molar-refractivity contribution >= 4 is 23.4 Å². The van der Waals surface area contributed by atoms with E-state index in [1.165, 1.54) is 4.90 Å². The van der Waals surface area contributed by atoms with Crippen molar-refractivity contribution in [3.05, 3.63) is 65.2 Å². The van der Waals surface area contributed by atoms with Crippen molar-refractivity contribution in [2.45, 2.75) is 20.3 Å². The summed E-state index contributed by atoms with van der Waals surface area (Å²) in [6.45, 7) is 4.40. The van der Waals surface area contributed by atoms with Crippen LogP contribution in [0.4, 0.5) is 5.69 Å². The summed E-state index contributed by atoms with van der Waals surface area (Å²) in [5.41, 5.74) is 2.58. The van der Waals surface area contributed by atoms with Gasteiger partial charge < -0.3 is 4.90 Å². The highest BCUT2D eigenvalue weighted by Gasteiger charge is 2.35. The molecule has 5 heteroatoms. The number of amides is 3. The van der Waals surface area contributed by atoms with Gasteiger partial charge in [-0.1, -0.05) is 29.8 Å². The van der Waals surface area contributed by atoms with Gasteiger partial charge in [0.2, 0.25) is 5.91 Å². The van der Waals surface area contributed by atoms with Gasteiger partial charge in [-0.2, -0.15) is 0 Å². The number of para-hydroxylation sites is 1. The van der Waals surface area contributed by atoms with Crippen molar-refractivity contribution < 1.29 is 14.4 Å². The van der Waals surface area contributed by atoms with Gasteiger partial charge in [-0.15, -0.1) is 0 Å². The van der Waals surface area contributed by atoms with Crippen LogP contribution in [0.1, 0.15) is 39.6 Å². The summed E-state index contributed by atoms with van der Waals surface area (Å²) >= 11 is 0. The highest BCUT2D eigenvalue weighted by molar-refractivity contribution is 6.21. The average molecular weight is 336 g/mol. The van der Waals surface area contributed by atoms with Crippen LogP contribution < -0.4 is 4.90 Å². The number of nitrogens with zero attached hydrogens (tertiary/aromatic N) is 2. The molecule has 0 saturated carbocycles. The van der Waals surface area contributed by atoms with Gasteiger partial charge in [-0.3, -0.25) is 19.3 Å². The summed E-state index contributed by atoms with van der Waals surface area (Å²) in [5, 5.41) is 0. The number of anilines is 1. The minimum Gasteiger partial charge on any atom is -0.313 e. The molecule has 0 saturated heterocycles. The summed E-state index contributed by atoms with van der Waals surface area (Å²) in [5.74, 6) is -0.753. The minimum absolute atomic E-state index is 0.0908. The zero-order chi connectivity index (χ0) is 18.0. The molecule has 0 aliphatic carbocycles. The summed E-state index contributed by atoms with van der Waals surface area (Å²) in [6, 6.07) is 14.6. The lowest BCUT2D eigenvalue weighted by atomic mass is 10.1. The highest BCUT2D eigenvalue weighted by atomic mass is 16.2. The third kappa shape index (κ3) is 3.18. The quantitative estimate of drug-likeness (QED) is 0.789. The fourth-order valence-electron chi connectivity index (χ4n) is 3.06. The predicted molar refractivity (Wildman–Crippen MR) is 95.6 cm³/mol. The number of fused-ring (bicyclic) bond motifs is 1. The predicted octanol–water partition coefficient (Wildman–Crippen LogP) is 3.03. The van der Waals surface area contributed by atoms with Gasteiger partial charge >= 0.3 is 0 Å². The number of carbonyl (C=O) groups excluding carboxylic acids is 3. The molecule has 1 heterocycles. The summed E-state index contributed by atoms with van der Waals surface area (Å²) in [7, 11) is 0. The SMILES string of the molecule is CCN(C(=O)CCN1C(=O)c2ccc(C)cc2C1=O)c1ccccc1. The molecule has 0 fully saturated rings. The fraction of sp³-hybridized carbons (Fsp3) is 0.250. The van der Waals surface area contributed by atoms with Gasteiger partial charge in [0.05, 0.1) is 11.1 Å². The lowest BCUT2D eigenvalue weighted by Crippen LogP contribution is -2.36. The summed E-state index contributed by atoms with van der Waals surface area (Å²) in [6.07, 6.45) is 0.104. The molecule has 3 amide bonds. The number of hydrogen-bond acceptors (Lipinski definition) is 3. The van der Waals surface area contributed by atoms with E-state index in [-0.39, 0.29) is 30.7 Å². The number of aryl methyl sites for hydroxylation is 1. The molecule has 1 aliphatic rings. The lowest BCUT2D eigenvalue weighted by Gasteiger charge is -2.22.